The van der Waals surface area contributed by atoms with E-state index in [-0.39, 0.29) is 17.8 Å². The first kappa shape index (κ1) is 12.2. The zero-order chi connectivity index (χ0) is 11.3. The average Bonchev–Trinajstić information content (AvgIpc) is 2.22. The van der Waals surface area contributed by atoms with E-state index in [1.807, 2.05) is 6.92 Å². The van der Waals surface area contributed by atoms with Crippen LogP contribution >= 0.6 is 11.8 Å². The molecule has 82 valence electrons. The lowest BCUT2D eigenvalue weighted by molar-refractivity contribution is -0.116. The van der Waals surface area contributed by atoms with E-state index in [9.17, 15) is 13.6 Å². The van der Waals surface area contributed by atoms with Crippen LogP contribution < -0.4 is 0 Å². The fourth-order valence-electron chi connectivity index (χ4n) is 1.16. The summed E-state index contributed by atoms with van der Waals surface area (Å²) in [5.41, 5.74) is 0.136. The normalized spacial score (nSPS) is 10.3. The number of rotatable bonds is 5. The van der Waals surface area contributed by atoms with Gasteiger partial charge in [-0.15, -0.1) is 0 Å². The van der Waals surface area contributed by atoms with Crippen molar-refractivity contribution in [3.63, 3.8) is 0 Å². The van der Waals surface area contributed by atoms with Gasteiger partial charge in [0.05, 0.1) is 5.75 Å². The number of Topliss-reactive ketones (excluding diaryl/α,β-unsaturated/α-hetero) is 1. The van der Waals surface area contributed by atoms with Crippen molar-refractivity contribution >= 4 is 17.5 Å². The fourth-order valence-corrected chi connectivity index (χ4v) is 1.70. The van der Waals surface area contributed by atoms with Crippen LogP contribution in [0.3, 0.4) is 0 Å². The number of hydrogen-bond acceptors (Lipinski definition) is 2. The molecular weight excluding hydrogens is 218 g/mol. The van der Waals surface area contributed by atoms with Crippen molar-refractivity contribution in [2.24, 2.45) is 0 Å². The minimum absolute atomic E-state index is 0.0312. The summed E-state index contributed by atoms with van der Waals surface area (Å²) in [6.07, 6.45) is -0.0312. The zero-order valence-corrected chi connectivity index (χ0v) is 9.24. The van der Waals surface area contributed by atoms with E-state index in [2.05, 4.69) is 0 Å². The van der Waals surface area contributed by atoms with E-state index in [0.29, 0.717) is 5.75 Å². The van der Waals surface area contributed by atoms with Crippen LogP contribution in [-0.2, 0) is 11.2 Å². The zero-order valence-electron chi connectivity index (χ0n) is 8.43. The highest BCUT2D eigenvalue weighted by Crippen LogP contribution is 2.13. The molecule has 1 nitrogen and oxygen atoms in total. The van der Waals surface area contributed by atoms with E-state index < -0.39 is 11.6 Å². The molecule has 0 spiro atoms. The molecule has 0 aliphatic rings. The molecule has 1 aromatic carbocycles. The van der Waals surface area contributed by atoms with Crippen LogP contribution in [0.2, 0.25) is 0 Å². The van der Waals surface area contributed by atoms with Gasteiger partial charge in [-0.2, -0.15) is 11.8 Å². The van der Waals surface area contributed by atoms with Crippen molar-refractivity contribution in [3.8, 4) is 0 Å². The quantitative estimate of drug-likeness (QED) is 0.773. The highest BCUT2D eigenvalue weighted by molar-refractivity contribution is 7.99. The van der Waals surface area contributed by atoms with Gasteiger partial charge in [0.25, 0.3) is 0 Å². The predicted molar refractivity (Wildman–Crippen MR) is 58.1 cm³/mol. The second-order valence-electron chi connectivity index (χ2n) is 3.07. The van der Waals surface area contributed by atoms with Gasteiger partial charge in [0, 0.05) is 6.42 Å². The molecule has 0 radical (unpaired) electrons. The van der Waals surface area contributed by atoms with E-state index in [1.54, 1.807) is 0 Å². The summed E-state index contributed by atoms with van der Waals surface area (Å²) in [7, 11) is 0. The molecule has 0 heterocycles. The lowest BCUT2D eigenvalue weighted by atomic mass is 10.1. The number of carbonyl (C=O) groups excluding carboxylic acids is 1. The van der Waals surface area contributed by atoms with Gasteiger partial charge in [0.1, 0.15) is 5.78 Å². The molecule has 0 amide bonds. The first-order valence-electron chi connectivity index (χ1n) is 4.67. The lowest BCUT2D eigenvalue weighted by Gasteiger charge is -2.02. The Morgan fingerprint density at radius 3 is 2.80 bits per heavy atom. The Kier molecular flexibility index (Phi) is 4.75. The van der Waals surface area contributed by atoms with E-state index >= 15 is 0 Å². The summed E-state index contributed by atoms with van der Waals surface area (Å²) < 4.78 is 25.9. The molecule has 0 N–H and O–H groups in total. The van der Waals surface area contributed by atoms with Crippen LogP contribution in [0.25, 0.3) is 0 Å². The van der Waals surface area contributed by atoms with Gasteiger partial charge in [-0.1, -0.05) is 19.1 Å². The SMILES string of the molecule is CCSCC(=O)Cc1cccc(F)c1F. The summed E-state index contributed by atoms with van der Waals surface area (Å²) in [6.45, 7) is 1.95. The topological polar surface area (TPSA) is 17.1 Å². The van der Waals surface area contributed by atoms with Gasteiger partial charge in [-0.3, -0.25) is 4.79 Å². The summed E-state index contributed by atoms with van der Waals surface area (Å²) in [5.74, 6) is -0.689. The van der Waals surface area contributed by atoms with Crippen LogP contribution in [-0.4, -0.2) is 17.3 Å². The minimum atomic E-state index is -0.910. The van der Waals surface area contributed by atoms with Crippen molar-refractivity contribution in [3.05, 3.63) is 35.4 Å². The molecule has 0 bridgehead atoms. The van der Waals surface area contributed by atoms with Gasteiger partial charge in [0.15, 0.2) is 11.6 Å². The monoisotopic (exact) mass is 230 g/mol. The summed E-state index contributed by atoms with van der Waals surface area (Å²) in [5, 5.41) is 0. The first-order chi connectivity index (χ1) is 7.15. The van der Waals surface area contributed by atoms with Crippen molar-refractivity contribution in [2.75, 3.05) is 11.5 Å². The maximum Gasteiger partial charge on any atom is 0.162 e. The molecule has 0 saturated heterocycles. The Balaban J connectivity index is 2.64. The number of benzene rings is 1. The van der Waals surface area contributed by atoms with Gasteiger partial charge in [-0.05, 0) is 17.4 Å². The molecule has 0 aliphatic carbocycles. The van der Waals surface area contributed by atoms with Crippen molar-refractivity contribution in [2.45, 2.75) is 13.3 Å². The van der Waals surface area contributed by atoms with Crippen molar-refractivity contribution in [1.29, 1.82) is 0 Å². The maximum atomic E-state index is 13.2. The number of thioether (sulfide) groups is 1. The van der Waals surface area contributed by atoms with E-state index in [0.717, 1.165) is 11.8 Å². The minimum Gasteiger partial charge on any atom is -0.298 e. The van der Waals surface area contributed by atoms with Crippen LogP contribution in [0.1, 0.15) is 12.5 Å². The standard InChI is InChI=1S/C11H12F2OS/c1-2-15-7-9(14)6-8-4-3-5-10(12)11(8)13/h3-5H,2,6-7H2,1H3. The molecule has 0 fully saturated rings. The number of hydrogen-bond donors (Lipinski definition) is 0. The van der Waals surface area contributed by atoms with Gasteiger partial charge < -0.3 is 0 Å². The largest absolute Gasteiger partial charge is 0.298 e. The van der Waals surface area contributed by atoms with Crippen molar-refractivity contribution < 1.29 is 13.6 Å². The smallest absolute Gasteiger partial charge is 0.162 e. The lowest BCUT2D eigenvalue weighted by Crippen LogP contribution is -2.08. The Hall–Kier alpha value is -0.900. The molecule has 0 unspecified atom stereocenters. The number of carbonyl (C=O) groups is 1. The molecule has 0 atom stereocenters. The predicted octanol–water partition coefficient (Wildman–Crippen LogP) is 2.83. The molecule has 1 rings (SSSR count). The Labute approximate surface area is 91.9 Å². The van der Waals surface area contributed by atoms with Crippen molar-refractivity contribution in [1.82, 2.24) is 0 Å². The van der Waals surface area contributed by atoms with Gasteiger partial charge in [-0.25, -0.2) is 8.78 Å². The van der Waals surface area contributed by atoms with Crippen LogP contribution in [0.4, 0.5) is 8.78 Å². The molecule has 4 heteroatoms. The Morgan fingerprint density at radius 2 is 2.13 bits per heavy atom. The number of halogens is 2. The number of ketones is 1. The summed E-state index contributed by atoms with van der Waals surface area (Å²) in [6, 6.07) is 3.89. The second-order valence-corrected chi connectivity index (χ2v) is 4.34. The second kappa shape index (κ2) is 5.85. The van der Waals surface area contributed by atoms with Crippen LogP contribution in [0.5, 0.6) is 0 Å². The van der Waals surface area contributed by atoms with Gasteiger partial charge in [0.2, 0.25) is 0 Å². The Morgan fingerprint density at radius 1 is 1.40 bits per heavy atom. The van der Waals surface area contributed by atoms with Crippen LogP contribution in [0.15, 0.2) is 18.2 Å². The van der Waals surface area contributed by atoms with Crippen LogP contribution in [0, 0.1) is 11.6 Å². The van der Waals surface area contributed by atoms with E-state index in [1.165, 1.54) is 23.9 Å². The summed E-state index contributed by atoms with van der Waals surface area (Å²) >= 11 is 1.48. The highest BCUT2D eigenvalue weighted by atomic mass is 32.2. The molecule has 0 saturated carbocycles. The average molecular weight is 230 g/mol. The maximum absolute atomic E-state index is 13.2. The molecule has 15 heavy (non-hydrogen) atoms. The first-order valence-corrected chi connectivity index (χ1v) is 5.83. The van der Waals surface area contributed by atoms with Gasteiger partial charge >= 0.3 is 0 Å². The molecule has 0 aliphatic heterocycles. The Bertz CT molecular complexity index is 352. The van der Waals surface area contributed by atoms with E-state index in [4.69, 9.17) is 0 Å². The third-order valence-corrected chi connectivity index (χ3v) is 2.82. The summed E-state index contributed by atoms with van der Waals surface area (Å²) in [4.78, 5) is 11.3. The molecule has 1 aromatic rings. The molecule has 0 aromatic heterocycles. The fraction of sp³-hybridized carbons (Fsp3) is 0.364. The third kappa shape index (κ3) is 3.63. The third-order valence-electron chi connectivity index (χ3n) is 1.89. The molecular formula is C11H12F2OS. The highest BCUT2D eigenvalue weighted by Gasteiger charge is 2.11.